The van der Waals surface area contributed by atoms with Crippen molar-refractivity contribution in [3.05, 3.63) is 94.4 Å². The number of fused-ring (bicyclic) bond motifs is 1. The number of nitrogens with one attached hydrogen (secondary N) is 2. The fraction of sp³-hybridized carbons (Fsp3) is 0.233. The van der Waals surface area contributed by atoms with Gasteiger partial charge in [0.15, 0.2) is 28.5 Å². The maximum atomic E-state index is 12.7. The van der Waals surface area contributed by atoms with E-state index in [9.17, 15) is 4.79 Å². The lowest BCUT2D eigenvalue weighted by Gasteiger charge is -2.16. The smallest absolute Gasteiger partial charge is 0.260 e. The van der Waals surface area contributed by atoms with E-state index in [0.29, 0.717) is 35.2 Å². The van der Waals surface area contributed by atoms with Crippen molar-refractivity contribution in [1.82, 2.24) is 5.32 Å². The van der Waals surface area contributed by atoms with Gasteiger partial charge in [0.1, 0.15) is 6.61 Å². The van der Waals surface area contributed by atoms with Gasteiger partial charge in [-0.05, 0) is 72.0 Å². The summed E-state index contributed by atoms with van der Waals surface area (Å²) in [6, 6.07) is 17.9. The number of aryl methyl sites for hydroxylation is 1. The van der Waals surface area contributed by atoms with Gasteiger partial charge in [0.25, 0.3) is 5.91 Å². The Bertz CT molecular complexity index is 1370. The fourth-order valence-corrected chi connectivity index (χ4v) is 5.27. The number of thioether (sulfide) groups is 1. The first-order valence-corrected chi connectivity index (χ1v) is 13.3. The molecule has 38 heavy (non-hydrogen) atoms. The van der Waals surface area contributed by atoms with Crippen LogP contribution in [0.5, 0.6) is 23.0 Å². The molecule has 2 aliphatic rings. The fourth-order valence-electron chi connectivity index (χ4n) is 4.28. The van der Waals surface area contributed by atoms with Gasteiger partial charge in [-0.3, -0.25) is 4.79 Å². The molecule has 2 N–H and O–H groups in total. The number of allylic oxidation sites excluding steroid dienone is 1. The van der Waals surface area contributed by atoms with E-state index >= 15 is 0 Å². The minimum atomic E-state index is -0.250. The first-order chi connectivity index (χ1) is 18.6. The number of methoxy groups -OCH3 is 1. The minimum Gasteiger partial charge on any atom is -0.493 e. The summed E-state index contributed by atoms with van der Waals surface area (Å²) in [4.78, 5) is 13.3. The van der Waals surface area contributed by atoms with Gasteiger partial charge in [-0.1, -0.05) is 43.0 Å². The molecule has 1 saturated heterocycles. The molecule has 1 atom stereocenters. The Kier molecular flexibility index (Phi) is 7.79. The number of carbonyl (C=O) groups is 1. The lowest BCUT2D eigenvalue weighted by Crippen LogP contribution is -2.30. The highest BCUT2D eigenvalue weighted by molar-refractivity contribution is 8.05. The summed E-state index contributed by atoms with van der Waals surface area (Å²) in [5, 5.41) is 6.36. The van der Waals surface area contributed by atoms with Crippen molar-refractivity contribution in [3.8, 4) is 23.0 Å². The molecule has 3 aromatic carbocycles. The number of amides is 1. The molecule has 3 aromatic rings. The largest absolute Gasteiger partial charge is 0.493 e. The van der Waals surface area contributed by atoms with E-state index < -0.39 is 0 Å². The summed E-state index contributed by atoms with van der Waals surface area (Å²) < 4.78 is 22.8. The summed E-state index contributed by atoms with van der Waals surface area (Å²) in [7, 11) is 1.61. The zero-order valence-corrected chi connectivity index (χ0v) is 22.2. The topological polar surface area (TPSA) is 78.1 Å². The third kappa shape index (κ3) is 5.75. The van der Waals surface area contributed by atoms with Gasteiger partial charge in [-0.15, -0.1) is 6.58 Å². The first kappa shape index (κ1) is 25.6. The van der Waals surface area contributed by atoms with Crippen LogP contribution in [0.15, 0.2) is 72.2 Å². The number of rotatable bonds is 10. The molecule has 0 aromatic heterocycles. The van der Waals surface area contributed by atoms with Crippen LogP contribution in [-0.2, 0) is 24.2 Å². The summed E-state index contributed by atoms with van der Waals surface area (Å²) in [5.74, 6) is 2.56. The highest BCUT2D eigenvalue weighted by Gasteiger charge is 2.27. The van der Waals surface area contributed by atoms with Gasteiger partial charge < -0.3 is 29.6 Å². The number of benzene rings is 3. The highest BCUT2D eigenvalue weighted by Crippen LogP contribution is 2.38. The lowest BCUT2D eigenvalue weighted by atomic mass is 10.0. The lowest BCUT2D eigenvalue weighted by molar-refractivity contribution is -0.116. The van der Waals surface area contributed by atoms with Gasteiger partial charge in [0, 0.05) is 11.3 Å². The first-order valence-electron chi connectivity index (χ1n) is 12.4. The molecule has 8 heteroatoms. The van der Waals surface area contributed by atoms with E-state index in [-0.39, 0.29) is 18.2 Å². The van der Waals surface area contributed by atoms with Crippen LogP contribution in [0.1, 0.15) is 29.2 Å². The van der Waals surface area contributed by atoms with E-state index in [2.05, 4.69) is 36.3 Å². The van der Waals surface area contributed by atoms with Crippen molar-refractivity contribution in [3.63, 3.8) is 0 Å². The molecule has 0 spiro atoms. The Labute approximate surface area is 226 Å². The highest BCUT2D eigenvalue weighted by atomic mass is 32.2. The van der Waals surface area contributed by atoms with E-state index in [0.717, 1.165) is 34.5 Å². The third-order valence-electron chi connectivity index (χ3n) is 6.25. The average molecular weight is 531 g/mol. The van der Waals surface area contributed by atoms with Gasteiger partial charge in [0.2, 0.25) is 6.79 Å². The van der Waals surface area contributed by atoms with E-state index in [4.69, 9.17) is 18.9 Å². The molecule has 2 heterocycles. The minimum absolute atomic E-state index is 0.120. The van der Waals surface area contributed by atoms with Crippen LogP contribution >= 0.6 is 11.8 Å². The third-order valence-corrected chi connectivity index (χ3v) is 7.28. The number of anilines is 1. The monoisotopic (exact) mass is 530 g/mol. The molecule has 196 valence electrons. The molecule has 0 bridgehead atoms. The van der Waals surface area contributed by atoms with Gasteiger partial charge in [0.05, 0.1) is 12.0 Å². The Balaban J connectivity index is 1.33. The van der Waals surface area contributed by atoms with Crippen molar-refractivity contribution in [2.45, 2.75) is 31.9 Å². The predicted octanol–water partition coefficient (Wildman–Crippen LogP) is 5.89. The van der Waals surface area contributed by atoms with Crippen LogP contribution in [0.25, 0.3) is 6.08 Å². The van der Waals surface area contributed by atoms with Crippen molar-refractivity contribution < 1.29 is 23.7 Å². The molecular formula is C30H30N2O5S. The molecule has 0 saturated carbocycles. The van der Waals surface area contributed by atoms with Crippen LogP contribution in [0.2, 0.25) is 0 Å². The quantitative estimate of drug-likeness (QED) is 0.250. The average Bonchev–Trinajstić information content (AvgIpc) is 3.53. The van der Waals surface area contributed by atoms with Crippen LogP contribution in [0, 0.1) is 0 Å². The van der Waals surface area contributed by atoms with Crippen LogP contribution in [0.3, 0.4) is 0 Å². The van der Waals surface area contributed by atoms with Crippen molar-refractivity contribution in [2.75, 3.05) is 19.2 Å². The summed E-state index contributed by atoms with van der Waals surface area (Å²) in [6.07, 6.45) is 5.27. The molecule has 5 rings (SSSR count). The molecule has 0 aliphatic carbocycles. The van der Waals surface area contributed by atoms with Gasteiger partial charge >= 0.3 is 0 Å². The molecule has 7 nitrogen and oxygen atoms in total. The maximum Gasteiger partial charge on any atom is 0.260 e. The second-order valence-corrected chi connectivity index (χ2v) is 10.0. The summed E-state index contributed by atoms with van der Waals surface area (Å²) in [5.41, 5.74) is 4.70. The number of hydrogen-bond donors (Lipinski definition) is 2. The van der Waals surface area contributed by atoms with Crippen LogP contribution in [-0.4, -0.2) is 25.3 Å². The Morgan fingerprint density at radius 2 is 1.89 bits per heavy atom. The Morgan fingerprint density at radius 1 is 1.11 bits per heavy atom. The zero-order chi connectivity index (χ0) is 26.5. The molecule has 1 amide bonds. The molecular weight excluding hydrogens is 500 g/mol. The molecule has 0 unspecified atom stereocenters. The van der Waals surface area contributed by atoms with E-state index in [1.807, 2.05) is 54.6 Å². The summed E-state index contributed by atoms with van der Waals surface area (Å²) >= 11 is 1.45. The normalized spacial score (nSPS) is 16.8. The molecule has 2 aliphatic heterocycles. The SMILES string of the molecule is C=CCc1cc(/C=C2\S[C@H](Nc3ccc(CC)cc3)NC2=O)cc(OC)c1OCc1ccc2c(c1)OCO2. The van der Waals surface area contributed by atoms with Crippen LogP contribution in [0.4, 0.5) is 5.69 Å². The standard InChI is InChI=1S/C30H30N2O5S/c1-4-6-22-13-21(16-27-29(33)32-30(38-27)31-23-10-7-19(5-2)8-11-23)15-26(34-3)28(22)35-17-20-9-12-24-25(14-20)37-18-36-24/h4,7-16,30-31H,1,5-6,17-18H2,2-3H3,(H,32,33)/b27-16-/t30-/m1/s1. The van der Waals surface area contributed by atoms with E-state index in [1.165, 1.54) is 17.3 Å². The molecule has 0 radical (unpaired) electrons. The van der Waals surface area contributed by atoms with Crippen molar-refractivity contribution in [2.24, 2.45) is 0 Å². The van der Waals surface area contributed by atoms with Gasteiger partial charge in [-0.2, -0.15) is 0 Å². The van der Waals surface area contributed by atoms with Gasteiger partial charge in [-0.25, -0.2) is 0 Å². The molecule has 1 fully saturated rings. The summed E-state index contributed by atoms with van der Waals surface area (Å²) in [6.45, 7) is 6.59. The van der Waals surface area contributed by atoms with E-state index in [1.54, 1.807) is 7.11 Å². The van der Waals surface area contributed by atoms with Crippen molar-refractivity contribution in [1.29, 1.82) is 0 Å². The Morgan fingerprint density at radius 3 is 2.66 bits per heavy atom. The maximum absolute atomic E-state index is 12.7. The van der Waals surface area contributed by atoms with Crippen molar-refractivity contribution >= 4 is 29.4 Å². The van der Waals surface area contributed by atoms with Crippen LogP contribution < -0.4 is 29.6 Å². The predicted molar refractivity (Wildman–Crippen MR) is 151 cm³/mol. The second-order valence-electron chi connectivity index (χ2n) is 8.86. The number of carbonyl (C=O) groups excluding carboxylic acids is 1. The Hall–Kier alpha value is -4.04. The number of hydrogen-bond acceptors (Lipinski definition) is 7. The zero-order valence-electron chi connectivity index (χ0n) is 21.4. The number of ether oxygens (including phenoxy) is 4. The second kappa shape index (κ2) is 11.6.